The van der Waals surface area contributed by atoms with Gasteiger partial charge in [0.25, 0.3) is 0 Å². The van der Waals surface area contributed by atoms with Crippen LogP contribution in [0, 0.1) is 0 Å². The van der Waals surface area contributed by atoms with E-state index in [1.54, 1.807) is 13.1 Å². The van der Waals surface area contributed by atoms with Crippen LogP contribution in [0.1, 0.15) is 39.5 Å². The van der Waals surface area contributed by atoms with Gasteiger partial charge in [0.2, 0.25) is 5.88 Å². The van der Waals surface area contributed by atoms with Gasteiger partial charge in [0.15, 0.2) is 6.10 Å². The fraction of sp³-hybridized carbons (Fsp3) is 0.455. The molecule has 0 saturated heterocycles. The average molecular weight is 385 g/mol. The van der Waals surface area contributed by atoms with Gasteiger partial charge < -0.3 is 19.3 Å². The summed E-state index contributed by atoms with van der Waals surface area (Å²) in [7, 11) is 0. The van der Waals surface area contributed by atoms with Crippen LogP contribution in [0.15, 0.2) is 42.6 Å². The Labute approximate surface area is 165 Å². The number of aliphatic hydroxyl groups is 1. The fourth-order valence-electron chi connectivity index (χ4n) is 3.30. The van der Waals surface area contributed by atoms with E-state index in [2.05, 4.69) is 4.98 Å². The van der Waals surface area contributed by atoms with E-state index in [9.17, 15) is 9.90 Å². The highest BCUT2D eigenvalue weighted by Crippen LogP contribution is 2.32. The lowest BCUT2D eigenvalue weighted by Crippen LogP contribution is -2.28. The fourth-order valence-corrected chi connectivity index (χ4v) is 3.30. The van der Waals surface area contributed by atoms with Crippen molar-refractivity contribution in [2.45, 2.75) is 57.8 Å². The largest absolute Gasteiger partial charge is 0.479 e. The van der Waals surface area contributed by atoms with E-state index < -0.39 is 6.10 Å². The van der Waals surface area contributed by atoms with Gasteiger partial charge in [0.1, 0.15) is 11.9 Å². The molecule has 1 aliphatic rings. The lowest BCUT2D eigenvalue weighted by atomic mass is 10.1. The first-order valence-corrected chi connectivity index (χ1v) is 9.84. The number of hydrogen-bond donors (Lipinski definition) is 1. The summed E-state index contributed by atoms with van der Waals surface area (Å²) in [6.07, 6.45) is 3.54. The van der Waals surface area contributed by atoms with E-state index in [0.29, 0.717) is 31.1 Å². The Balaban J connectivity index is 1.72. The quantitative estimate of drug-likeness (QED) is 0.697. The molecular formula is C22H27NO5. The van der Waals surface area contributed by atoms with Gasteiger partial charge in [0, 0.05) is 18.2 Å². The molecule has 6 heteroatoms. The molecule has 28 heavy (non-hydrogen) atoms. The third kappa shape index (κ3) is 5.01. The van der Waals surface area contributed by atoms with Gasteiger partial charge in [-0.25, -0.2) is 9.78 Å². The van der Waals surface area contributed by atoms with Crippen molar-refractivity contribution >= 4 is 5.97 Å². The third-order valence-corrected chi connectivity index (χ3v) is 4.77. The number of aliphatic hydroxyl groups excluding tert-OH is 1. The average Bonchev–Trinajstić information content (AvgIpc) is 3.12. The summed E-state index contributed by atoms with van der Waals surface area (Å²) in [5, 5.41) is 9.71. The number of rotatable bonds is 8. The van der Waals surface area contributed by atoms with E-state index in [4.69, 9.17) is 14.2 Å². The number of ether oxygens (including phenoxy) is 3. The highest BCUT2D eigenvalue weighted by atomic mass is 16.6. The van der Waals surface area contributed by atoms with Gasteiger partial charge in [0.05, 0.1) is 12.7 Å². The summed E-state index contributed by atoms with van der Waals surface area (Å²) in [4.78, 5) is 16.3. The normalized spacial score (nSPS) is 19.8. The molecule has 6 nitrogen and oxygen atoms in total. The number of benzene rings is 1. The Kier molecular flexibility index (Phi) is 6.87. The van der Waals surface area contributed by atoms with Crippen LogP contribution < -0.4 is 9.47 Å². The van der Waals surface area contributed by atoms with E-state index in [-0.39, 0.29) is 18.2 Å². The maximum atomic E-state index is 11.9. The molecule has 0 spiro atoms. The zero-order valence-corrected chi connectivity index (χ0v) is 16.3. The zero-order valence-electron chi connectivity index (χ0n) is 16.3. The summed E-state index contributed by atoms with van der Waals surface area (Å²) in [6.45, 7) is 3.99. The van der Waals surface area contributed by atoms with Crippen molar-refractivity contribution in [2.24, 2.45) is 0 Å². The Bertz CT molecular complexity index is 777. The van der Waals surface area contributed by atoms with E-state index in [1.165, 1.54) is 0 Å². The molecule has 1 N–H and O–H groups in total. The maximum Gasteiger partial charge on any atom is 0.347 e. The van der Waals surface area contributed by atoms with Crippen molar-refractivity contribution in [1.29, 1.82) is 0 Å². The molecule has 3 atom stereocenters. The number of aromatic nitrogens is 1. The first-order valence-electron chi connectivity index (χ1n) is 9.84. The van der Waals surface area contributed by atoms with Crippen molar-refractivity contribution in [2.75, 3.05) is 6.61 Å². The zero-order chi connectivity index (χ0) is 19.9. The molecular weight excluding hydrogens is 358 g/mol. The predicted octanol–water partition coefficient (Wildman–Crippen LogP) is 3.76. The van der Waals surface area contributed by atoms with Crippen LogP contribution in [0.2, 0.25) is 0 Å². The van der Waals surface area contributed by atoms with Crippen molar-refractivity contribution in [3.63, 3.8) is 0 Å². The van der Waals surface area contributed by atoms with Crippen LogP contribution >= 0.6 is 0 Å². The van der Waals surface area contributed by atoms with Gasteiger partial charge in [-0.05, 0) is 56.0 Å². The second-order valence-corrected chi connectivity index (χ2v) is 6.85. The summed E-state index contributed by atoms with van der Waals surface area (Å²) >= 11 is 0. The van der Waals surface area contributed by atoms with Crippen LogP contribution in [0.5, 0.6) is 11.6 Å². The van der Waals surface area contributed by atoms with Crippen molar-refractivity contribution in [1.82, 2.24) is 4.98 Å². The van der Waals surface area contributed by atoms with Crippen LogP contribution in [-0.2, 0) is 9.53 Å². The molecule has 1 aliphatic carbocycles. The molecule has 1 aromatic carbocycles. The molecule has 0 bridgehead atoms. The number of hydrogen-bond acceptors (Lipinski definition) is 6. The lowest BCUT2D eigenvalue weighted by Gasteiger charge is -2.17. The summed E-state index contributed by atoms with van der Waals surface area (Å²) in [5.74, 6) is 0.818. The minimum atomic E-state index is -0.614. The van der Waals surface area contributed by atoms with Gasteiger partial charge in [-0.2, -0.15) is 0 Å². The van der Waals surface area contributed by atoms with Crippen molar-refractivity contribution in [3.8, 4) is 22.8 Å². The van der Waals surface area contributed by atoms with Gasteiger partial charge >= 0.3 is 5.97 Å². The summed E-state index contributed by atoms with van der Waals surface area (Å²) < 4.78 is 16.8. The summed E-state index contributed by atoms with van der Waals surface area (Å²) in [5.41, 5.74) is 1.83. The first-order chi connectivity index (χ1) is 13.6. The second kappa shape index (κ2) is 9.55. The molecule has 0 aliphatic heterocycles. The van der Waals surface area contributed by atoms with Crippen LogP contribution in [0.25, 0.3) is 11.1 Å². The van der Waals surface area contributed by atoms with Gasteiger partial charge in [-0.3, -0.25) is 0 Å². The minimum absolute atomic E-state index is 0.0128. The molecule has 1 saturated carbocycles. The minimum Gasteiger partial charge on any atom is -0.479 e. The van der Waals surface area contributed by atoms with Crippen LogP contribution in [0.3, 0.4) is 0 Å². The number of nitrogens with zero attached hydrogens (tertiary/aromatic N) is 1. The predicted molar refractivity (Wildman–Crippen MR) is 105 cm³/mol. The number of carbonyl (C=O) groups is 1. The standard InChI is InChI=1S/C22H27NO5/c1-3-20(22(25)26-4-2)27-17-10-7-15(8-11-17)19-6-5-13-23-21(19)28-18-12-9-16(24)14-18/h5-8,10-11,13,16,18,20,24H,3-4,9,12,14H2,1-2H3. The van der Waals surface area contributed by atoms with Crippen LogP contribution in [-0.4, -0.2) is 41.0 Å². The smallest absolute Gasteiger partial charge is 0.347 e. The van der Waals surface area contributed by atoms with Crippen LogP contribution in [0.4, 0.5) is 0 Å². The molecule has 1 aromatic heterocycles. The van der Waals surface area contributed by atoms with Crippen molar-refractivity contribution in [3.05, 3.63) is 42.6 Å². The Hall–Kier alpha value is -2.60. The lowest BCUT2D eigenvalue weighted by molar-refractivity contribution is -0.151. The number of pyridine rings is 1. The highest BCUT2D eigenvalue weighted by molar-refractivity contribution is 5.75. The van der Waals surface area contributed by atoms with E-state index in [0.717, 1.165) is 24.0 Å². The second-order valence-electron chi connectivity index (χ2n) is 6.85. The van der Waals surface area contributed by atoms with E-state index >= 15 is 0 Å². The molecule has 0 amide bonds. The third-order valence-electron chi connectivity index (χ3n) is 4.77. The van der Waals surface area contributed by atoms with Gasteiger partial charge in [-0.1, -0.05) is 19.1 Å². The molecule has 1 fully saturated rings. The monoisotopic (exact) mass is 385 g/mol. The molecule has 0 radical (unpaired) electrons. The Morgan fingerprint density at radius 3 is 2.64 bits per heavy atom. The molecule has 2 aromatic rings. The molecule has 3 unspecified atom stereocenters. The highest BCUT2D eigenvalue weighted by Gasteiger charge is 2.25. The molecule has 150 valence electrons. The summed E-state index contributed by atoms with van der Waals surface area (Å²) in [6, 6.07) is 11.3. The van der Waals surface area contributed by atoms with Crippen molar-refractivity contribution < 1.29 is 24.1 Å². The SMILES string of the molecule is CCOC(=O)C(CC)Oc1ccc(-c2cccnc2OC2CCC(O)C2)cc1. The topological polar surface area (TPSA) is 77.9 Å². The number of esters is 1. The number of carbonyl (C=O) groups excluding carboxylic acids is 1. The molecule has 3 rings (SSSR count). The first kappa shape index (κ1) is 20.1. The molecule has 1 heterocycles. The van der Waals surface area contributed by atoms with E-state index in [1.807, 2.05) is 43.3 Å². The van der Waals surface area contributed by atoms with Gasteiger partial charge in [-0.15, -0.1) is 0 Å². The maximum absolute atomic E-state index is 11.9. The Morgan fingerprint density at radius 2 is 2.00 bits per heavy atom. The Morgan fingerprint density at radius 1 is 1.21 bits per heavy atom.